The van der Waals surface area contributed by atoms with Crippen LogP contribution in [0.15, 0.2) is 18.3 Å². The van der Waals surface area contributed by atoms with Gasteiger partial charge in [0.25, 0.3) is 0 Å². The van der Waals surface area contributed by atoms with Crippen molar-refractivity contribution in [3.05, 3.63) is 29.6 Å². The molecule has 2 aromatic rings. The molecule has 1 unspecified atom stereocenters. The third-order valence-electron chi connectivity index (χ3n) is 3.42. The summed E-state index contributed by atoms with van der Waals surface area (Å²) in [6.45, 7) is 0.139. The average Bonchev–Trinajstić information content (AvgIpc) is 3.11. The SMILES string of the molecule is COc1cc(C(O)c2c(OC)cnn2C)cc2c1OCO2. The van der Waals surface area contributed by atoms with E-state index < -0.39 is 6.10 Å². The van der Waals surface area contributed by atoms with Crippen molar-refractivity contribution < 1.29 is 24.1 Å². The maximum absolute atomic E-state index is 10.6. The van der Waals surface area contributed by atoms with Gasteiger partial charge in [-0.25, -0.2) is 0 Å². The van der Waals surface area contributed by atoms with Crippen molar-refractivity contribution in [3.63, 3.8) is 0 Å². The predicted octanol–water partition coefficient (Wildman–Crippen LogP) is 1.25. The summed E-state index contributed by atoms with van der Waals surface area (Å²) in [5, 5.41) is 14.7. The van der Waals surface area contributed by atoms with Crippen LogP contribution in [-0.4, -0.2) is 35.9 Å². The molecule has 0 fully saturated rings. The molecule has 0 saturated carbocycles. The van der Waals surface area contributed by atoms with Crippen LogP contribution in [0.1, 0.15) is 17.4 Å². The van der Waals surface area contributed by atoms with Crippen molar-refractivity contribution in [3.8, 4) is 23.0 Å². The Labute approximate surface area is 121 Å². The van der Waals surface area contributed by atoms with E-state index in [2.05, 4.69) is 5.10 Å². The van der Waals surface area contributed by atoms with Crippen LogP contribution in [0.3, 0.4) is 0 Å². The zero-order valence-electron chi connectivity index (χ0n) is 12.0. The van der Waals surface area contributed by atoms with Gasteiger partial charge in [-0.2, -0.15) is 5.10 Å². The van der Waals surface area contributed by atoms with Gasteiger partial charge >= 0.3 is 0 Å². The van der Waals surface area contributed by atoms with E-state index in [-0.39, 0.29) is 6.79 Å². The molecule has 2 heterocycles. The van der Waals surface area contributed by atoms with E-state index in [0.717, 1.165) is 0 Å². The highest BCUT2D eigenvalue weighted by molar-refractivity contribution is 5.56. The molecule has 112 valence electrons. The van der Waals surface area contributed by atoms with E-state index >= 15 is 0 Å². The quantitative estimate of drug-likeness (QED) is 0.914. The van der Waals surface area contributed by atoms with Crippen LogP contribution >= 0.6 is 0 Å². The van der Waals surface area contributed by atoms with Crippen molar-refractivity contribution in [2.24, 2.45) is 7.05 Å². The lowest BCUT2D eigenvalue weighted by atomic mass is 10.0. The summed E-state index contributed by atoms with van der Waals surface area (Å²) in [7, 11) is 4.82. The first kappa shape index (κ1) is 13.6. The second-order valence-electron chi connectivity index (χ2n) is 4.58. The Balaban J connectivity index is 2.06. The number of aliphatic hydroxyl groups excluding tert-OH is 1. The number of hydrogen-bond acceptors (Lipinski definition) is 6. The van der Waals surface area contributed by atoms with Crippen LogP contribution in [0, 0.1) is 0 Å². The monoisotopic (exact) mass is 292 g/mol. The largest absolute Gasteiger partial charge is 0.493 e. The molecule has 1 aromatic heterocycles. The lowest BCUT2D eigenvalue weighted by molar-refractivity contribution is 0.171. The molecule has 0 aliphatic carbocycles. The summed E-state index contributed by atoms with van der Waals surface area (Å²) in [6.07, 6.45) is 0.638. The van der Waals surface area contributed by atoms with E-state index in [0.29, 0.717) is 34.3 Å². The molecule has 3 rings (SSSR count). The van der Waals surface area contributed by atoms with Crippen molar-refractivity contribution >= 4 is 0 Å². The minimum atomic E-state index is -0.921. The molecule has 1 atom stereocenters. The minimum Gasteiger partial charge on any atom is -0.493 e. The molecule has 0 spiro atoms. The molecular formula is C14H16N2O5. The first-order valence-electron chi connectivity index (χ1n) is 6.37. The Morgan fingerprint density at radius 2 is 2.00 bits per heavy atom. The second kappa shape index (κ2) is 5.17. The number of fused-ring (bicyclic) bond motifs is 1. The summed E-state index contributed by atoms with van der Waals surface area (Å²) < 4.78 is 22.8. The van der Waals surface area contributed by atoms with Gasteiger partial charge in [0, 0.05) is 7.05 Å². The summed E-state index contributed by atoms with van der Waals surface area (Å²) >= 11 is 0. The van der Waals surface area contributed by atoms with E-state index in [1.165, 1.54) is 14.2 Å². The van der Waals surface area contributed by atoms with Crippen molar-refractivity contribution in [1.29, 1.82) is 0 Å². The molecule has 1 aliphatic heterocycles. The lowest BCUT2D eigenvalue weighted by Gasteiger charge is -2.15. The van der Waals surface area contributed by atoms with Crippen molar-refractivity contribution in [2.45, 2.75) is 6.10 Å². The second-order valence-corrected chi connectivity index (χ2v) is 4.58. The van der Waals surface area contributed by atoms with E-state index in [1.807, 2.05) is 0 Å². The van der Waals surface area contributed by atoms with E-state index in [9.17, 15) is 5.11 Å². The Bertz CT molecular complexity index is 668. The number of rotatable bonds is 4. The third-order valence-corrected chi connectivity index (χ3v) is 3.42. The molecule has 0 saturated heterocycles. The van der Waals surface area contributed by atoms with Gasteiger partial charge in [-0.05, 0) is 17.7 Å². The molecule has 1 aliphatic rings. The fraction of sp³-hybridized carbons (Fsp3) is 0.357. The minimum absolute atomic E-state index is 0.139. The lowest BCUT2D eigenvalue weighted by Crippen LogP contribution is -2.08. The summed E-state index contributed by atoms with van der Waals surface area (Å²) in [5.41, 5.74) is 1.16. The summed E-state index contributed by atoms with van der Waals surface area (Å²) in [5.74, 6) is 2.12. The van der Waals surface area contributed by atoms with E-state index in [1.54, 1.807) is 30.1 Å². The van der Waals surface area contributed by atoms with Crippen LogP contribution < -0.4 is 18.9 Å². The molecular weight excluding hydrogens is 276 g/mol. The number of nitrogens with zero attached hydrogens (tertiary/aromatic N) is 2. The van der Waals surface area contributed by atoms with Gasteiger partial charge in [-0.1, -0.05) is 0 Å². The number of aliphatic hydroxyl groups is 1. The molecule has 7 heteroatoms. The molecule has 1 N–H and O–H groups in total. The molecule has 7 nitrogen and oxygen atoms in total. The average molecular weight is 292 g/mol. The van der Waals surface area contributed by atoms with Gasteiger partial charge in [0.1, 0.15) is 11.8 Å². The van der Waals surface area contributed by atoms with Gasteiger partial charge in [0.05, 0.1) is 20.4 Å². The van der Waals surface area contributed by atoms with Crippen LogP contribution in [0.2, 0.25) is 0 Å². The number of hydrogen-bond donors (Lipinski definition) is 1. The molecule has 21 heavy (non-hydrogen) atoms. The zero-order valence-corrected chi connectivity index (χ0v) is 12.0. The zero-order chi connectivity index (χ0) is 15.0. The highest BCUT2D eigenvalue weighted by Gasteiger charge is 2.26. The van der Waals surface area contributed by atoms with Crippen LogP contribution in [-0.2, 0) is 7.05 Å². The molecule has 0 radical (unpaired) electrons. The third kappa shape index (κ3) is 2.15. The number of methoxy groups -OCH3 is 2. The first-order valence-corrected chi connectivity index (χ1v) is 6.37. The molecule has 0 amide bonds. The first-order chi connectivity index (χ1) is 10.2. The maximum atomic E-state index is 10.6. The van der Waals surface area contributed by atoms with Crippen LogP contribution in [0.25, 0.3) is 0 Å². The maximum Gasteiger partial charge on any atom is 0.231 e. The van der Waals surface area contributed by atoms with Gasteiger partial charge < -0.3 is 24.1 Å². The molecule has 0 bridgehead atoms. The normalized spacial score (nSPS) is 14.1. The Morgan fingerprint density at radius 3 is 2.71 bits per heavy atom. The summed E-state index contributed by atoms with van der Waals surface area (Å²) in [6, 6.07) is 3.44. The smallest absolute Gasteiger partial charge is 0.231 e. The topological polar surface area (TPSA) is 75.0 Å². The van der Waals surface area contributed by atoms with Gasteiger partial charge in [0.2, 0.25) is 12.5 Å². The van der Waals surface area contributed by atoms with Gasteiger partial charge in [-0.3, -0.25) is 4.68 Å². The fourth-order valence-electron chi connectivity index (χ4n) is 2.36. The summed E-state index contributed by atoms with van der Waals surface area (Å²) in [4.78, 5) is 0. The highest BCUT2D eigenvalue weighted by atomic mass is 16.7. The van der Waals surface area contributed by atoms with Crippen LogP contribution in [0.4, 0.5) is 0 Å². The number of aromatic nitrogens is 2. The van der Waals surface area contributed by atoms with Crippen LogP contribution in [0.5, 0.6) is 23.0 Å². The molecule has 1 aromatic carbocycles. The van der Waals surface area contributed by atoms with Crippen molar-refractivity contribution in [2.75, 3.05) is 21.0 Å². The Kier molecular flexibility index (Phi) is 3.34. The number of benzene rings is 1. The fourth-order valence-corrected chi connectivity index (χ4v) is 2.36. The predicted molar refractivity (Wildman–Crippen MR) is 72.9 cm³/mol. The standard InChI is InChI=1S/C14H16N2O5/c1-16-12(11(19-3)6-15-16)13(17)8-4-9(18-2)14-10(5-8)20-7-21-14/h4-6,13,17H,7H2,1-3H3. The van der Waals surface area contributed by atoms with Gasteiger partial charge in [-0.15, -0.1) is 0 Å². The number of aryl methyl sites for hydroxylation is 1. The van der Waals surface area contributed by atoms with E-state index in [4.69, 9.17) is 18.9 Å². The van der Waals surface area contributed by atoms with Crippen molar-refractivity contribution in [1.82, 2.24) is 9.78 Å². The Hall–Kier alpha value is -2.41. The van der Waals surface area contributed by atoms with Gasteiger partial charge in [0.15, 0.2) is 17.2 Å². The highest BCUT2D eigenvalue weighted by Crippen LogP contribution is 2.44. The number of ether oxygens (including phenoxy) is 4. The Morgan fingerprint density at radius 1 is 1.24 bits per heavy atom.